The molecule has 3 heteroatoms. The van der Waals surface area contributed by atoms with Gasteiger partial charge in [-0.05, 0) is 30.2 Å². The Bertz CT molecular complexity index is 733. The molecule has 120 valence electrons. The quantitative estimate of drug-likeness (QED) is 0.701. The maximum atomic E-state index is 6.43. The second kappa shape index (κ2) is 7.44. The van der Waals surface area contributed by atoms with Crippen LogP contribution in [0.3, 0.4) is 0 Å². The molecule has 1 atom stereocenters. The first-order chi connectivity index (χ1) is 11.3. The Balaban J connectivity index is 1.62. The summed E-state index contributed by atoms with van der Waals surface area (Å²) in [5.74, 6) is 0. The molecule has 0 bridgehead atoms. The molecule has 3 aromatic rings. The maximum Gasteiger partial charge on any atom is 0.0456 e. The minimum absolute atomic E-state index is 0.137. The van der Waals surface area contributed by atoms with Crippen molar-refractivity contribution in [3.05, 3.63) is 71.9 Å². The van der Waals surface area contributed by atoms with Crippen LogP contribution < -0.4 is 5.73 Å². The molecule has 0 saturated heterocycles. The Kier molecular flexibility index (Phi) is 5.11. The van der Waals surface area contributed by atoms with Crippen LogP contribution in [0.25, 0.3) is 10.9 Å². The van der Waals surface area contributed by atoms with Crippen LogP contribution in [0.4, 0.5) is 0 Å². The molecular formula is C20H25N3. The fraction of sp³-hybridized carbons (Fsp3) is 0.300. The van der Waals surface area contributed by atoms with Gasteiger partial charge in [0.25, 0.3) is 0 Å². The molecule has 0 aliphatic rings. The summed E-state index contributed by atoms with van der Waals surface area (Å²) < 4.78 is 0. The average molecular weight is 307 g/mol. The van der Waals surface area contributed by atoms with Gasteiger partial charge in [-0.3, -0.25) is 4.90 Å². The van der Waals surface area contributed by atoms with Crippen LogP contribution in [0.1, 0.15) is 18.1 Å². The van der Waals surface area contributed by atoms with Crippen LogP contribution in [0, 0.1) is 0 Å². The molecule has 0 aliphatic carbocycles. The molecule has 3 nitrogen and oxygen atoms in total. The summed E-state index contributed by atoms with van der Waals surface area (Å²) in [6.45, 7) is 5.07. The van der Waals surface area contributed by atoms with Gasteiger partial charge in [0.05, 0.1) is 0 Å². The van der Waals surface area contributed by atoms with Gasteiger partial charge >= 0.3 is 0 Å². The number of hydrogen-bond acceptors (Lipinski definition) is 2. The van der Waals surface area contributed by atoms with Gasteiger partial charge in [0, 0.05) is 36.2 Å². The number of benzene rings is 2. The highest BCUT2D eigenvalue weighted by atomic mass is 15.1. The van der Waals surface area contributed by atoms with E-state index in [0.717, 1.165) is 26.1 Å². The summed E-state index contributed by atoms with van der Waals surface area (Å²) in [5, 5.41) is 1.29. The van der Waals surface area contributed by atoms with Crippen molar-refractivity contribution in [3.8, 4) is 0 Å². The van der Waals surface area contributed by atoms with Crippen LogP contribution in [-0.4, -0.2) is 29.0 Å². The average Bonchev–Trinajstić information content (AvgIpc) is 2.98. The summed E-state index contributed by atoms with van der Waals surface area (Å²) in [5.41, 5.74) is 10.3. The molecule has 0 radical (unpaired) electrons. The van der Waals surface area contributed by atoms with Crippen molar-refractivity contribution in [2.75, 3.05) is 13.1 Å². The lowest BCUT2D eigenvalue weighted by molar-refractivity contribution is 0.261. The smallest absolute Gasteiger partial charge is 0.0456 e. The highest BCUT2D eigenvalue weighted by molar-refractivity contribution is 5.83. The zero-order chi connectivity index (χ0) is 16.1. The van der Waals surface area contributed by atoms with E-state index in [2.05, 4.69) is 77.6 Å². The lowest BCUT2D eigenvalue weighted by Gasteiger charge is -2.24. The molecule has 0 unspecified atom stereocenters. The van der Waals surface area contributed by atoms with Gasteiger partial charge in [0.15, 0.2) is 0 Å². The Morgan fingerprint density at radius 3 is 2.57 bits per heavy atom. The molecule has 3 N–H and O–H groups in total. The number of nitrogens with one attached hydrogen (secondary N) is 1. The van der Waals surface area contributed by atoms with E-state index in [-0.39, 0.29) is 6.04 Å². The first-order valence-electron chi connectivity index (χ1n) is 8.33. The zero-order valence-electron chi connectivity index (χ0n) is 13.7. The predicted octanol–water partition coefficient (Wildman–Crippen LogP) is 3.56. The van der Waals surface area contributed by atoms with Crippen molar-refractivity contribution in [1.82, 2.24) is 9.88 Å². The number of hydrogen-bond donors (Lipinski definition) is 2. The number of aromatic amines is 1. The van der Waals surface area contributed by atoms with Crippen molar-refractivity contribution in [2.45, 2.75) is 25.9 Å². The van der Waals surface area contributed by atoms with Gasteiger partial charge in [-0.1, -0.05) is 55.5 Å². The van der Waals surface area contributed by atoms with Crippen molar-refractivity contribution in [3.63, 3.8) is 0 Å². The van der Waals surface area contributed by atoms with Gasteiger partial charge in [-0.15, -0.1) is 0 Å². The molecular weight excluding hydrogens is 282 g/mol. The zero-order valence-corrected chi connectivity index (χ0v) is 13.7. The summed E-state index contributed by atoms with van der Waals surface area (Å²) in [6, 6.07) is 19.1. The van der Waals surface area contributed by atoms with E-state index in [9.17, 15) is 0 Å². The number of aromatic nitrogens is 1. The second-order valence-corrected chi connectivity index (χ2v) is 6.14. The molecule has 1 aromatic heterocycles. The van der Waals surface area contributed by atoms with Gasteiger partial charge in [0.2, 0.25) is 0 Å². The number of rotatable bonds is 7. The Morgan fingerprint density at radius 2 is 1.78 bits per heavy atom. The fourth-order valence-electron chi connectivity index (χ4n) is 3.13. The molecule has 23 heavy (non-hydrogen) atoms. The first-order valence-corrected chi connectivity index (χ1v) is 8.33. The van der Waals surface area contributed by atoms with Crippen LogP contribution in [-0.2, 0) is 13.0 Å². The minimum atomic E-state index is 0.137. The summed E-state index contributed by atoms with van der Waals surface area (Å²) in [4.78, 5) is 5.74. The molecule has 3 rings (SSSR count). The van der Waals surface area contributed by atoms with Crippen molar-refractivity contribution in [2.24, 2.45) is 5.73 Å². The third-order valence-corrected chi connectivity index (χ3v) is 4.35. The molecule has 1 heterocycles. The summed E-state index contributed by atoms with van der Waals surface area (Å²) in [7, 11) is 0. The van der Waals surface area contributed by atoms with E-state index >= 15 is 0 Å². The highest BCUT2D eigenvalue weighted by Gasteiger charge is 2.12. The van der Waals surface area contributed by atoms with Crippen LogP contribution in [0.5, 0.6) is 0 Å². The van der Waals surface area contributed by atoms with Crippen molar-refractivity contribution in [1.29, 1.82) is 0 Å². The van der Waals surface area contributed by atoms with E-state index in [1.807, 2.05) is 0 Å². The first kappa shape index (κ1) is 15.8. The van der Waals surface area contributed by atoms with Crippen molar-refractivity contribution >= 4 is 10.9 Å². The highest BCUT2D eigenvalue weighted by Crippen LogP contribution is 2.19. The van der Waals surface area contributed by atoms with Gasteiger partial charge in [-0.2, -0.15) is 0 Å². The number of para-hydroxylation sites is 1. The lowest BCUT2D eigenvalue weighted by Crippen LogP contribution is -2.38. The van der Waals surface area contributed by atoms with Gasteiger partial charge < -0.3 is 10.7 Å². The topological polar surface area (TPSA) is 45.0 Å². The third kappa shape index (κ3) is 4.01. The third-order valence-electron chi connectivity index (χ3n) is 4.35. The predicted molar refractivity (Wildman–Crippen MR) is 97.4 cm³/mol. The Morgan fingerprint density at radius 1 is 1.04 bits per heavy atom. The van der Waals surface area contributed by atoms with Gasteiger partial charge in [-0.25, -0.2) is 0 Å². The molecule has 0 fully saturated rings. The Hall–Kier alpha value is -2.10. The molecule has 2 aromatic carbocycles. The lowest BCUT2D eigenvalue weighted by atomic mass is 10.0. The number of fused-ring (bicyclic) bond motifs is 1. The van der Waals surface area contributed by atoms with Crippen molar-refractivity contribution < 1.29 is 0 Å². The second-order valence-electron chi connectivity index (χ2n) is 6.14. The van der Waals surface area contributed by atoms with E-state index in [1.165, 1.54) is 22.0 Å². The van der Waals surface area contributed by atoms with E-state index < -0.39 is 0 Å². The fourth-order valence-corrected chi connectivity index (χ4v) is 3.13. The normalized spacial score (nSPS) is 12.8. The monoisotopic (exact) mass is 307 g/mol. The number of nitrogens with two attached hydrogens (primary N) is 1. The minimum Gasteiger partial charge on any atom is -0.361 e. The van der Waals surface area contributed by atoms with E-state index in [0.29, 0.717) is 0 Å². The summed E-state index contributed by atoms with van der Waals surface area (Å²) >= 11 is 0. The SMILES string of the molecule is CCN(Cc1ccccc1)C[C@@H](N)Cc1c[nH]c2ccccc12. The molecule has 0 aliphatic heterocycles. The number of nitrogens with zero attached hydrogens (tertiary/aromatic N) is 1. The standard InChI is InChI=1S/C20H25N3/c1-2-23(14-16-8-4-3-5-9-16)15-18(21)12-17-13-22-20-11-7-6-10-19(17)20/h3-11,13,18,22H,2,12,14-15,21H2,1H3/t18-/m0/s1. The summed E-state index contributed by atoms with van der Waals surface area (Å²) in [6.07, 6.45) is 2.99. The largest absolute Gasteiger partial charge is 0.361 e. The number of likely N-dealkylation sites (N-methyl/N-ethyl adjacent to an activating group) is 1. The maximum absolute atomic E-state index is 6.43. The van der Waals surface area contributed by atoms with Crippen LogP contribution >= 0.6 is 0 Å². The van der Waals surface area contributed by atoms with Crippen LogP contribution in [0.15, 0.2) is 60.8 Å². The molecule has 0 saturated carbocycles. The number of H-pyrrole nitrogens is 1. The molecule has 0 amide bonds. The Labute approximate surface area is 138 Å². The van der Waals surface area contributed by atoms with Gasteiger partial charge in [0.1, 0.15) is 0 Å². The van der Waals surface area contributed by atoms with E-state index in [1.54, 1.807) is 0 Å². The van der Waals surface area contributed by atoms with E-state index in [4.69, 9.17) is 5.73 Å². The van der Waals surface area contributed by atoms with Crippen LogP contribution in [0.2, 0.25) is 0 Å². The molecule has 0 spiro atoms.